The van der Waals surface area contributed by atoms with E-state index in [-0.39, 0.29) is 0 Å². The van der Waals surface area contributed by atoms with E-state index in [2.05, 4.69) is 24.1 Å². The Balaban J connectivity index is 1.63. The molecule has 2 atom stereocenters. The van der Waals surface area contributed by atoms with Gasteiger partial charge >= 0.3 is 0 Å². The third-order valence-corrected chi connectivity index (χ3v) is 4.18. The van der Waals surface area contributed by atoms with Crippen molar-refractivity contribution in [3.05, 3.63) is 0 Å². The minimum Gasteiger partial charge on any atom is -0.377 e. The zero-order chi connectivity index (χ0) is 12.1. The summed E-state index contributed by atoms with van der Waals surface area (Å²) in [6.45, 7) is 8.87. The summed E-state index contributed by atoms with van der Waals surface area (Å²) in [5.41, 5.74) is 0. The standard InChI is InChI=1S/C14H28N2O/c1-12-11-16(13(2)10-15-12)8-9-17-14-6-4-3-5-7-14/h12-15H,3-11H2,1-2H3. The maximum atomic E-state index is 6.01. The molecule has 2 aliphatic rings. The van der Waals surface area contributed by atoms with Gasteiger partial charge in [0, 0.05) is 31.7 Å². The molecule has 0 bridgehead atoms. The topological polar surface area (TPSA) is 24.5 Å². The lowest BCUT2D eigenvalue weighted by atomic mass is 9.98. The largest absolute Gasteiger partial charge is 0.377 e. The predicted molar refractivity (Wildman–Crippen MR) is 71.3 cm³/mol. The van der Waals surface area contributed by atoms with Crippen molar-refractivity contribution < 1.29 is 4.74 Å². The highest BCUT2D eigenvalue weighted by atomic mass is 16.5. The van der Waals surface area contributed by atoms with Gasteiger partial charge < -0.3 is 10.1 Å². The van der Waals surface area contributed by atoms with Gasteiger partial charge in [0.05, 0.1) is 12.7 Å². The van der Waals surface area contributed by atoms with Crippen LogP contribution in [0.4, 0.5) is 0 Å². The molecule has 0 aromatic heterocycles. The van der Waals surface area contributed by atoms with Gasteiger partial charge in [-0.2, -0.15) is 0 Å². The van der Waals surface area contributed by atoms with Crippen LogP contribution in [0.1, 0.15) is 46.0 Å². The Bertz CT molecular complexity index is 216. The number of piperazine rings is 1. The van der Waals surface area contributed by atoms with E-state index >= 15 is 0 Å². The quantitative estimate of drug-likeness (QED) is 0.813. The van der Waals surface area contributed by atoms with Gasteiger partial charge in [-0.05, 0) is 26.7 Å². The molecule has 2 unspecified atom stereocenters. The lowest BCUT2D eigenvalue weighted by Gasteiger charge is -2.37. The van der Waals surface area contributed by atoms with Gasteiger partial charge in [0.2, 0.25) is 0 Å². The molecule has 1 N–H and O–H groups in total. The van der Waals surface area contributed by atoms with E-state index in [1.54, 1.807) is 0 Å². The Morgan fingerprint density at radius 3 is 2.71 bits per heavy atom. The van der Waals surface area contributed by atoms with E-state index < -0.39 is 0 Å². The lowest BCUT2D eigenvalue weighted by Crippen LogP contribution is -2.55. The van der Waals surface area contributed by atoms with Crippen LogP contribution in [0.2, 0.25) is 0 Å². The zero-order valence-corrected chi connectivity index (χ0v) is 11.5. The summed E-state index contributed by atoms with van der Waals surface area (Å²) in [5.74, 6) is 0. The highest BCUT2D eigenvalue weighted by molar-refractivity contribution is 4.81. The minimum absolute atomic E-state index is 0.555. The SMILES string of the molecule is CC1CN(CCOC2CCCCC2)C(C)CN1. The van der Waals surface area contributed by atoms with Crippen molar-refractivity contribution in [2.45, 2.75) is 64.1 Å². The average Bonchev–Trinajstić information content (AvgIpc) is 2.35. The summed E-state index contributed by atoms with van der Waals surface area (Å²) in [4.78, 5) is 2.56. The smallest absolute Gasteiger partial charge is 0.0597 e. The predicted octanol–water partition coefficient (Wildman–Crippen LogP) is 2.02. The molecule has 1 heterocycles. The molecule has 0 aromatic carbocycles. The summed E-state index contributed by atoms with van der Waals surface area (Å²) in [5, 5.41) is 3.52. The Morgan fingerprint density at radius 2 is 1.94 bits per heavy atom. The molecule has 0 amide bonds. The molecule has 0 aromatic rings. The molecule has 1 aliphatic heterocycles. The number of ether oxygens (including phenoxy) is 1. The molecule has 17 heavy (non-hydrogen) atoms. The fraction of sp³-hybridized carbons (Fsp3) is 1.00. The second-order valence-corrected chi connectivity index (χ2v) is 5.78. The van der Waals surface area contributed by atoms with E-state index in [0.29, 0.717) is 18.2 Å². The summed E-state index contributed by atoms with van der Waals surface area (Å²) in [6, 6.07) is 1.28. The number of hydrogen-bond acceptors (Lipinski definition) is 3. The van der Waals surface area contributed by atoms with Crippen molar-refractivity contribution in [1.82, 2.24) is 10.2 Å². The molecule has 1 saturated heterocycles. The van der Waals surface area contributed by atoms with Crippen molar-refractivity contribution >= 4 is 0 Å². The molecule has 3 heteroatoms. The number of nitrogens with one attached hydrogen (secondary N) is 1. The molecular formula is C14H28N2O. The summed E-state index contributed by atoms with van der Waals surface area (Å²) < 4.78 is 6.01. The number of hydrogen-bond donors (Lipinski definition) is 1. The van der Waals surface area contributed by atoms with Gasteiger partial charge in [0.1, 0.15) is 0 Å². The molecule has 2 rings (SSSR count). The van der Waals surface area contributed by atoms with Crippen molar-refractivity contribution in [1.29, 1.82) is 0 Å². The third-order valence-electron chi connectivity index (χ3n) is 4.18. The molecule has 0 radical (unpaired) electrons. The van der Waals surface area contributed by atoms with Gasteiger partial charge in [0.15, 0.2) is 0 Å². The van der Waals surface area contributed by atoms with Gasteiger partial charge in [-0.3, -0.25) is 4.90 Å². The maximum absolute atomic E-state index is 6.01. The first-order valence-corrected chi connectivity index (χ1v) is 7.34. The van der Waals surface area contributed by atoms with Crippen molar-refractivity contribution in [3.8, 4) is 0 Å². The van der Waals surface area contributed by atoms with Gasteiger partial charge in [-0.25, -0.2) is 0 Å². The molecule has 1 aliphatic carbocycles. The van der Waals surface area contributed by atoms with Crippen LogP contribution in [-0.2, 0) is 4.74 Å². The molecule has 0 spiro atoms. The minimum atomic E-state index is 0.555. The first-order valence-electron chi connectivity index (χ1n) is 7.34. The van der Waals surface area contributed by atoms with E-state index in [1.165, 1.54) is 32.1 Å². The fourth-order valence-corrected chi connectivity index (χ4v) is 2.98. The normalized spacial score (nSPS) is 32.8. The van der Waals surface area contributed by atoms with Gasteiger partial charge in [0.25, 0.3) is 0 Å². The van der Waals surface area contributed by atoms with E-state index in [4.69, 9.17) is 4.74 Å². The molecule has 1 saturated carbocycles. The Hall–Kier alpha value is -0.120. The van der Waals surface area contributed by atoms with Gasteiger partial charge in [-0.15, -0.1) is 0 Å². The Morgan fingerprint density at radius 1 is 1.18 bits per heavy atom. The van der Waals surface area contributed by atoms with Crippen LogP contribution in [0.25, 0.3) is 0 Å². The van der Waals surface area contributed by atoms with Crippen LogP contribution < -0.4 is 5.32 Å². The van der Waals surface area contributed by atoms with Crippen LogP contribution in [0.3, 0.4) is 0 Å². The van der Waals surface area contributed by atoms with E-state index in [9.17, 15) is 0 Å². The van der Waals surface area contributed by atoms with Crippen LogP contribution in [-0.4, -0.2) is 49.3 Å². The summed E-state index contributed by atoms with van der Waals surface area (Å²) >= 11 is 0. The van der Waals surface area contributed by atoms with Crippen LogP contribution in [0, 0.1) is 0 Å². The van der Waals surface area contributed by atoms with Crippen molar-refractivity contribution in [2.24, 2.45) is 0 Å². The average molecular weight is 240 g/mol. The first-order chi connectivity index (χ1) is 8.25. The van der Waals surface area contributed by atoms with Crippen LogP contribution in [0.5, 0.6) is 0 Å². The van der Waals surface area contributed by atoms with Crippen molar-refractivity contribution in [2.75, 3.05) is 26.2 Å². The Kier molecular flexibility index (Phi) is 5.26. The van der Waals surface area contributed by atoms with Crippen LogP contribution >= 0.6 is 0 Å². The second kappa shape index (κ2) is 6.72. The molecular weight excluding hydrogens is 212 g/mol. The summed E-state index contributed by atoms with van der Waals surface area (Å²) in [7, 11) is 0. The third kappa shape index (κ3) is 4.23. The van der Waals surface area contributed by atoms with Crippen LogP contribution in [0.15, 0.2) is 0 Å². The van der Waals surface area contributed by atoms with E-state index in [1.807, 2.05) is 0 Å². The number of nitrogens with zero attached hydrogens (tertiary/aromatic N) is 1. The number of rotatable bonds is 4. The second-order valence-electron chi connectivity index (χ2n) is 5.78. The molecule has 2 fully saturated rings. The Labute approximate surface area is 106 Å². The summed E-state index contributed by atoms with van der Waals surface area (Å²) in [6.07, 6.45) is 7.27. The lowest BCUT2D eigenvalue weighted by molar-refractivity contribution is 0.00611. The first kappa shape index (κ1) is 13.3. The highest BCUT2D eigenvalue weighted by Gasteiger charge is 2.22. The van der Waals surface area contributed by atoms with E-state index in [0.717, 1.165) is 26.2 Å². The fourth-order valence-electron chi connectivity index (χ4n) is 2.98. The highest BCUT2D eigenvalue weighted by Crippen LogP contribution is 2.20. The zero-order valence-electron chi connectivity index (χ0n) is 11.5. The maximum Gasteiger partial charge on any atom is 0.0597 e. The molecule has 100 valence electrons. The molecule has 3 nitrogen and oxygen atoms in total. The van der Waals surface area contributed by atoms with Gasteiger partial charge in [-0.1, -0.05) is 19.3 Å². The monoisotopic (exact) mass is 240 g/mol. The van der Waals surface area contributed by atoms with Crippen molar-refractivity contribution in [3.63, 3.8) is 0 Å².